The predicted molar refractivity (Wildman–Crippen MR) is 118 cm³/mol. The molecule has 0 spiro atoms. The zero-order valence-corrected chi connectivity index (χ0v) is 17.4. The van der Waals surface area contributed by atoms with Crippen molar-refractivity contribution in [1.29, 1.82) is 0 Å². The van der Waals surface area contributed by atoms with Crippen LogP contribution in [0.15, 0.2) is 59.5 Å². The first-order chi connectivity index (χ1) is 14.2. The molecule has 2 aliphatic heterocycles. The summed E-state index contributed by atoms with van der Waals surface area (Å²) in [7, 11) is 0. The van der Waals surface area contributed by atoms with Crippen molar-refractivity contribution in [3.05, 3.63) is 60.2 Å². The smallest absolute Gasteiger partial charge is 0.253 e. The Kier molecular flexibility index (Phi) is 6.52. The maximum atomic E-state index is 12.8. The van der Waals surface area contributed by atoms with Gasteiger partial charge in [0, 0.05) is 67.6 Å². The molecule has 2 saturated heterocycles. The summed E-state index contributed by atoms with van der Waals surface area (Å²) < 4.78 is 0. The minimum absolute atomic E-state index is 0.0857. The summed E-state index contributed by atoms with van der Waals surface area (Å²) in [5, 5.41) is 0. The Labute approximate surface area is 176 Å². The van der Waals surface area contributed by atoms with Crippen molar-refractivity contribution in [2.24, 2.45) is 0 Å². The van der Waals surface area contributed by atoms with Gasteiger partial charge in [0.25, 0.3) is 5.91 Å². The quantitative estimate of drug-likeness (QED) is 0.687. The van der Waals surface area contributed by atoms with Crippen LogP contribution in [0, 0.1) is 0 Å². The van der Waals surface area contributed by atoms with Crippen LogP contribution in [0.25, 0.3) is 0 Å². The lowest BCUT2D eigenvalue weighted by Crippen LogP contribution is -2.49. The van der Waals surface area contributed by atoms with Crippen LogP contribution in [0.4, 0.5) is 5.69 Å². The topological polar surface area (TPSA) is 43.9 Å². The zero-order chi connectivity index (χ0) is 20.1. The molecule has 0 saturated carbocycles. The van der Waals surface area contributed by atoms with Crippen LogP contribution in [-0.4, -0.2) is 66.6 Å². The van der Waals surface area contributed by atoms with Crippen molar-refractivity contribution < 1.29 is 9.59 Å². The molecule has 2 fully saturated rings. The summed E-state index contributed by atoms with van der Waals surface area (Å²) in [5.41, 5.74) is 1.60. The van der Waals surface area contributed by atoms with Gasteiger partial charge in [0.2, 0.25) is 5.91 Å². The number of piperazine rings is 1. The van der Waals surface area contributed by atoms with Crippen molar-refractivity contribution in [2.75, 3.05) is 49.9 Å². The largest absolute Gasteiger partial charge is 0.336 e. The Morgan fingerprint density at radius 2 is 1.62 bits per heavy atom. The lowest BCUT2D eigenvalue weighted by molar-refractivity contribution is -0.117. The molecular weight excluding hydrogens is 382 g/mol. The molecule has 2 amide bonds. The summed E-state index contributed by atoms with van der Waals surface area (Å²) in [5.74, 6) is 1.32. The van der Waals surface area contributed by atoms with Crippen LogP contribution in [0.1, 0.15) is 23.2 Å². The van der Waals surface area contributed by atoms with Crippen molar-refractivity contribution in [3.63, 3.8) is 0 Å². The minimum atomic E-state index is 0.0857. The molecule has 0 radical (unpaired) electrons. The maximum absolute atomic E-state index is 12.8. The van der Waals surface area contributed by atoms with Crippen LogP contribution >= 0.6 is 11.8 Å². The van der Waals surface area contributed by atoms with Gasteiger partial charge < -0.3 is 9.80 Å². The Morgan fingerprint density at radius 1 is 0.897 bits per heavy atom. The van der Waals surface area contributed by atoms with Gasteiger partial charge >= 0.3 is 0 Å². The monoisotopic (exact) mass is 409 g/mol. The second-order valence-electron chi connectivity index (χ2n) is 7.49. The zero-order valence-electron chi connectivity index (χ0n) is 16.6. The molecule has 152 valence electrons. The van der Waals surface area contributed by atoms with E-state index in [0.29, 0.717) is 12.0 Å². The van der Waals surface area contributed by atoms with E-state index < -0.39 is 0 Å². The number of hydrogen-bond acceptors (Lipinski definition) is 4. The first-order valence-electron chi connectivity index (χ1n) is 10.3. The van der Waals surface area contributed by atoms with Gasteiger partial charge in [-0.3, -0.25) is 14.5 Å². The van der Waals surface area contributed by atoms with E-state index in [1.807, 2.05) is 47.0 Å². The normalized spacial score (nSPS) is 17.7. The number of carbonyl (C=O) groups excluding carboxylic acids is 2. The van der Waals surface area contributed by atoms with Crippen LogP contribution in [-0.2, 0) is 4.79 Å². The van der Waals surface area contributed by atoms with Crippen LogP contribution in [0.2, 0.25) is 0 Å². The lowest BCUT2D eigenvalue weighted by atomic mass is 10.1. The second-order valence-corrected chi connectivity index (χ2v) is 8.66. The Hall–Kier alpha value is -2.31. The van der Waals surface area contributed by atoms with E-state index in [9.17, 15) is 9.59 Å². The molecule has 5 nitrogen and oxygen atoms in total. The summed E-state index contributed by atoms with van der Waals surface area (Å²) in [6.07, 6.45) is 1.53. The predicted octanol–water partition coefficient (Wildman–Crippen LogP) is 3.36. The number of amides is 2. The summed E-state index contributed by atoms with van der Waals surface area (Å²) in [6.45, 7) is 5.18. The number of hydrogen-bond donors (Lipinski definition) is 0. The van der Waals surface area contributed by atoms with Crippen molar-refractivity contribution in [2.45, 2.75) is 17.7 Å². The Morgan fingerprint density at radius 3 is 2.28 bits per heavy atom. The van der Waals surface area contributed by atoms with Gasteiger partial charge in [-0.05, 0) is 42.8 Å². The fourth-order valence-electron chi connectivity index (χ4n) is 3.87. The SMILES string of the molecule is O=C(c1ccc(N2CCCC2=O)cc1)N1CCN(CCSc2ccccc2)CC1. The molecule has 2 heterocycles. The molecule has 0 atom stereocenters. The van der Waals surface area contributed by atoms with E-state index in [1.54, 1.807) is 4.90 Å². The van der Waals surface area contributed by atoms with Crippen LogP contribution < -0.4 is 4.90 Å². The fourth-order valence-corrected chi connectivity index (χ4v) is 4.81. The number of carbonyl (C=O) groups is 2. The highest BCUT2D eigenvalue weighted by Gasteiger charge is 2.24. The van der Waals surface area contributed by atoms with E-state index in [1.165, 1.54) is 4.90 Å². The number of anilines is 1. The molecule has 4 rings (SSSR count). The van der Waals surface area contributed by atoms with Gasteiger partial charge in [0.15, 0.2) is 0 Å². The number of rotatable bonds is 6. The van der Waals surface area contributed by atoms with Gasteiger partial charge in [-0.25, -0.2) is 0 Å². The molecule has 0 aliphatic carbocycles. The highest BCUT2D eigenvalue weighted by Crippen LogP contribution is 2.22. The molecule has 0 bridgehead atoms. The molecule has 0 unspecified atom stereocenters. The van der Waals surface area contributed by atoms with Gasteiger partial charge in [-0.1, -0.05) is 18.2 Å². The molecule has 2 aliphatic rings. The lowest BCUT2D eigenvalue weighted by Gasteiger charge is -2.34. The van der Waals surface area contributed by atoms with Crippen molar-refractivity contribution in [3.8, 4) is 0 Å². The highest BCUT2D eigenvalue weighted by molar-refractivity contribution is 7.99. The van der Waals surface area contributed by atoms with Crippen molar-refractivity contribution in [1.82, 2.24) is 9.80 Å². The van der Waals surface area contributed by atoms with E-state index in [4.69, 9.17) is 0 Å². The average molecular weight is 410 g/mol. The number of thioether (sulfide) groups is 1. The first kappa shape index (κ1) is 20.0. The minimum Gasteiger partial charge on any atom is -0.336 e. The third-order valence-corrected chi connectivity index (χ3v) is 6.57. The standard InChI is InChI=1S/C23H27N3O2S/c27-22-7-4-12-26(22)20-10-8-19(9-11-20)23(28)25-15-13-24(14-16-25)17-18-29-21-5-2-1-3-6-21/h1-3,5-6,8-11H,4,7,12-18H2. The third kappa shape index (κ3) is 5.00. The van der Waals surface area contributed by atoms with Crippen LogP contribution in [0.3, 0.4) is 0 Å². The molecule has 29 heavy (non-hydrogen) atoms. The van der Waals surface area contributed by atoms with Gasteiger partial charge in [0.1, 0.15) is 0 Å². The summed E-state index contributed by atoms with van der Waals surface area (Å²) in [4.78, 5) is 32.2. The fraction of sp³-hybridized carbons (Fsp3) is 0.391. The molecular formula is C23H27N3O2S. The second kappa shape index (κ2) is 9.46. The van der Waals surface area contributed by atoms with Crippen LogP contribution in [0.5, 0.6) is 0 Å². The summed E-state index contributed by atoms with van der Waals surface area (Å²) in [6, 6.07) is 18.0. The number of nitrogens with zero attached hydrogens (tertiary/aromatic N) is 3. The van der Waals surface area contributed by atoms with E-state index in [0.717, 1.165) is 57.1 Å². The molecule has 6 heteroatoms. The van der Waals surface area contributed by atoms with Gasteiger partial charge in [-0.15, -0.1) is 11.8 Å². The van der Waals surface area contributed by atoms with Gasteiger partial charge in [-0.2, -0.15) is 0 Å². The van der Waals surface area contributed by atoms with Gasteiger partial charge in [0.05, 0.1) is 0 Å². The molecule has 0 N–H and O–H groups in total. The average Bonchev–Trinajstić information content (AvgIpc) is 3.20. The highest BCUT2D eigenvalue weighted by atomic mass is 32.2. The molecule has 0 aromatic heterocycles. The third-order valence-electron chi connectivity index (χ3n) is 5.58. The Balaban J connectivity index is 1.24. The number of benzene rings is 2. The van der Waals surface area contributed by atoms with E-state index >= 15 is 0 Å². The maximum Gasteiger partial charge on any atom is 0.253 e. The summed E-state index contributed by atoms with van der Waals surface area (Å²) >= 11 is 1.88. The van der Waals surface area contributed by atoms with E-state index in [-0.39, 0.29) is 11.8 Å². The molecule has 2 aromatic carbocycles. The molecule has 2 aromatic rings. The Bertz CT molecular complexity index is 833. The first-order valence-corrected chi connectivity index (χ1v) is 11.3. The van der Waals surface area contributed by atoms with Crippen molar-refractivity contribution >= 4 is 29.3 Å². The van der Waals surface area contributed by atoms with E-state index in [2.05, 4.69) is 29.2 Å².